The molecule has 2 N–H and O–H groups in total. The van der Waals surface area contributed by atoms with Crippen LogP contribution in [0.3, 0.4) is 0 Å². The second-order valence-electron chi connectivity index (χ2n) is 4.05. The highest BCUT2D eigenvalue weighted by atomic mass is 16.3. The average Bonchev–Trinajstić information content (AvgIpc) is 2.46. The number of carbonyl (C=O) groups excluding carboxylic acids is 1. The second-order valence-corrected chi connectivity index (χ2v) is 4.05. The van der Waals surface area contributed by atoms with Crippen molar-refractivity contribution in [3.05, 3.63) is 59.7 Å². The summed E-state index contributed by atoms with van der Waals surface area (Å²) < 4.78 is 0. The normalized spacial score (nSPS) is 10.2. The maximum absolute atomic E-state index is 12.0. The molecule has 0 saturated heterocycles. The highest BCUT2D eigenvalue weighted by Gasteiger charge is 2.06. The monoisotopic (exact) mass is 257 g/mol. The minimum atomic E-state index is -0.154. The van der Waals surface area contributed by atoms with Crippen molar-refractivity contribution in [3.8, 4) is 0 Å². The Morgan fingerprint density at radius 1 is 1.21 bits per heavy atom. The zero-order chi connectivity index (χ0) is 13.5. The van der Waals surface area contributed by atoms with Crippen LogP contribution in [0.15, 0.2) is 42.9 Å². The van der Waals surface area contributed by atoms with Crippen LogP contribution in [0, 0.1) is 0 Å². The second kappa shape index (κ2) is 6.61. The summed E-state index contributed by atoms with van der Waals surface area (Å²) >= 11 is 0. The lowest BCUT2D eigenvalue weighted by atomic mass is 10.2. The minimum Gasteiger partial charge on any atom is -0.396 e. The average molecular weight is 257 g/mol. The van der Waals surface area contributed by atoms with Gasteiger partial charge in [-0.25, -0.2) is 0 Å². The summed E-state index contributed by atoms with van der Waals surface area (Å²) in [6.07, 6.45) is 5.40. The van der Waals surface area contributed by atoms with Crippen LogP contribution in [0.5, 0.6) is 0 Å². The molecule has 5 heteroatoms. The lowest BCUT2D eigenvalue weighted by Crippen LogP contribution is -2.23. The molecule has 5 nitrogen and oxygen atoms in total. The SMILES string of the molecule is O=C(NCc1ccncc1)c1ccnc(CCO)c1. The largest absolute Gasteiger partial charge is 0.396 e. The maximum atomic E-state index is 12.0. The predicted octanol–water partition coefficient (Wildman–Crippen LogP) is 0.941. The number of pyridine rings is 2. The van der Waals surface area contributed by atoms with Gasteiger partial charge in [0.15, 0.2) is 0 Å². The molecule has 2 heterocycles. The van der Waals surface area contributed by atoms with E-state index in [0.717, 1.165) is 5.56 Å². The van der Waals surface area contributed by atoms with Crippen LogP contribution in [-0.4, -0.2) is 27.6 Å². The van der Waals surface area contributed by atoms with Gasteiger partial charge in [-0.05, 0) is 29.8 Å². The number of hydrogen-bond donors (Lipinski definition) is 2. The van der Waals surface area contributed by atoms with Crippen LogP contribution in [0.25, 0.3) is 0 Å². The van der Waals surface area contributed by atoms with E-state index in [1.807, 2.05) is 12.1 Å². The lowest BCUT2D eigenvalue weighted by molar-refractivity contribution is 0.0950. The number of carbonyl (C=O) groups is 1. The summed E-state index contributed by atoms with van der Waals surface area (Å²) in [5, 5.41) is 11.7. The van der Waals surface area contributed by atoms with Gasteiger partial charge in [-0.1, -0.05) is 0 Å². The van der Waals surface area contributed by atoms with E-state index in [1.54, 1.807) is 30.7 Å². The molecule has 0 fully saturated rings. The molecule has 0 unspecified atom stereocenters. The lowest BCUT2D eigenvalue weighted by Gasteiger charge is -2.06. The van der Waals surface area contributed by atoms with E-state index in [2.05, 4.69) is 15.3 Å². The molecule has 1 amide bonds. The minimum absolute atomic E-state index is 0.0229. The van der Waals surface area contributed by atoms with Gasteiger partial charge >= 0.3 is 0 Å². The summed E-state index contributed by atoms with van der Waals surface area (Å²) in [5.41, 5.74) is 2.25. The smallest absolute Gasteiger partial charge is 0.251 e. The van der Waals surface area contributed by atoms with E-state index < -0.39 is 0 Å². The van der Waals surface area contributed by atoms with Crippen LogP contribution < -0.4 is 5.32 Å². The Hall–Kier alpha value is -2.27. The first-order valence-corrected chi connectivity index (χ1v) is 6.02. The van der Waals surface area contributed by atoms with Crippen LogP contribution in [0.4, 0.5) is 0 Å². The molecular weight excluding hydrogens is 242 g/mol. The molecule has 0 radical (unpaired) electrons. The number of nitrogens with zero attached hydrogens (tertiary/aromatic N) is 2. The first kappa shape index (κ1) is 13.2. The third kappa shape index (κ3) is 3.86. The highest BCUT2D eigenvalue weighted by molar-refractivity contribution is 5.94. The predicted molar refractivity (Wildman–Crippen MR) is 70.4 cm³/mol. The first-order valence-electron chi connectivity index (χ1n) is 6.02. The van der Waals surface area contributed by atoms with E-state index >= 15 is 0 Å². The van der Waals surface area contributed by atoms with Crippen molar-refractivity contribution in [2.24, 2.45) is 0 Å². The summed E-state index contributed by atoms with van der Waals surface area (Å²) in [7, 11) is 0. The van der Waals surface area contributed by atoms with Crippen molar-refractivity contribution in [1.29, 1.82) is 0 Å². The van der Waals surface area contributed by atoms with Crippen molar-refractivity contribution in [3.63, 3.8) is 0 Å². The third-order valence-corrected chi connectivity index (χ3v) is 2.65. The fraction of sp³-hybridized carbons (Fsp3) is 0.214. The number of hydrogen-bond acceptors (Lipinski definition) is 4. The molecule has 98 valence electrons. The van der Waals surface area contributed by atoms with E-state index in [4.69, 9.17) is 5.11 Å². The summed E-state index contributed by atoms with van der Waals surface area (Å²) in [5.74, 6) is -0.154. The van der Waals surface area contributed by atoms with Gasteiger partial charge in [-0.2, -0.15) is 0 Å². The van der Waals surface area contributed by atoms with Crippen molar-refractivity contribution < 1.29 is 9.90 Å². The Labute approximate surface area is 111 Å². The molecular formula is C14H15N3O2. The Balaban J connectivity index is 1.98. The highest BCUT2D eigenvalue weighted by Crippen LogP contribution is 2.03. The van der Waals surface area contributed by atoms with Gasteiger partial charge in [-0.15, -0.1) is 0 Å². The van der Waals surface area contributed by atoms with Crippen LogP contribution in [0.2, 0.25) is 0 Å². The topological polar surface area (TPSA) is 75.1 Å². The molecule has 0 aliphatic heterocycles. The fourth-order valence-corrected chi connectivity index (χ4v) is 1.66. The molecule has 19 heavy (non-hydrogen) atoms. The van der Waals surface area contributed by atoms with Crippen LogP contribution in [-0.2, 0) is 13.0 Å². The molecule has 0 aliphatic rings. The van der Waals surface area contributed by atoms with Crippen molar-refractivity contribution in [2.75, 3.05) is 6.61 Å². The Morgan fingerprint density at radius 2 is 2.00 bits per heavy atom. The molecule has 0 spiro atoms. The zero-order valence-corrected chi connectivity index (χ0v) is 10.4. The van der Waals surface area contributed by atoms with Gasteiger partial charge in [-0.3, -0.25) is 14.8 Å². The third-order valence-electron chi connectivity index (χ3n) is 2.65. The van der Waals surface area contributed by atoms with Gasteiger partial charge in [0, 0.05) is 49.4 Å². The van der Waals surface area contributed by atoms with E-state index in [-0.39, 0.29) is 12.5 Å². The van der Waals surface area contributed by atoms with Gasteiger partial charge in [0.25, 0.3) is 5.91 Å². The van der Waals surface area contributed by atoms with Crippen molar-refractivity contribution >= 4 is 5.91 Å². The Morgan fingerprint density at radius 3 is 2.74 bits per heavy atom. The summed E-state index contributed by atoms with van der Waals surface area (Å²) in [4.78, 5) is 20.0. The molecule has 0 aromatic carbocycles. The Kier molecular flexibility index (Phi) is 4.58. The molecule has 0 aliphatic carbocycles. The number of nitrogens with one attached hydrogen (secondary N) is 1. The number of amides is 1. The van der Waals surface area contributed by atoms with E-state index in [0.29, 0.717) is 24.2 Å². The van der Waals surface area contributed by atoms with Crippen molar-refractivity contribution in [2.45, 2.75) is 13.0 Å². The summed E-state index contributed by atoms with van der Waals surface area (Å²) in [6.45, 7) is 0.480. The van der Waals surface area contributed by atoms with Crippen LogP contribution in [0.1, 0.15) is 21.6 Å². The van der Waals surface area contributed by atoms with Gasteiger partial charge in [0.1, 0.15) is 0 Å². The molecule has 2 rings (SSSR count). The number of rotatable bonds is 5. The Bertz CT molecular complexity index is 543. The van der Waals surface area contributed by atoms with Gasteiger partial charge in [0.05, 0.1) is 0 Å². The van der Waals surface area contributed by atoms with Crippen LogP contribution >= 0.6 is 0 Å². The standard InChI is InChI=1S/C14H15N3O2/c18-8-4-13-9-12(3-7-16-13)14(19)17-10-11-1-5-15-6-2-11/h1-3,5-7,9,18H,4,8,10H2,(H,17,19). The van der Waals surface area contributed by atoms with E-state index in [9.17, 15) is 4.79 Å². The molecule has 2 aromatic rings. The molecule has 2 aromatic heterocycles. The van der Waals surface area contributed by atoms with Gasteiger partial charge in [0.2, 0.25) is 0 Å². The zero-order valence-electron chi connectivity index (χ0n) is 10.4. The first-order chi connectivity index (χ1) is 9.29. The maximum Gasteiger partial charge on any atom is 0.251 e. The molecule has 0 bridgehead atoms. The summed E-state index contributed by atoms with van der Waals surface area (Å²) in [6, 6.07) is 7.05. The van der Waals surface area contributed by atoms with Gasteiger partial charge < -0.3 is 10.4 Å². The molecule has 0 saturated carbocycles. The quantitative estimate of drug-likeness (QED) is 0.836. The number of aromatic nitrogens is 2. The van der Waals surface area contributed by atoms with E-state index in [1.165, 1.54) is 0 Å². The van der Waals surface area contributed by atoms with Crippen molar-refractivity contribution in [1.82, 2.24) is 15.3 Å². The molecule has 0 atom stereocenters. The number of aliphatic hydroxyl groups excluding tert-OH is 1. The number of aliphatic hydroxyl groups is 1. The fourth-order valence-electron chi connectivity index (χ4n) is 1.66.